The summed E-state index contributed by atoms with van der Waals surface area (Å²) in [6.45, 7) is 13.7. The van der Waals surface area contributed by atoms with Crippen LogP contribution in [0.1, 0.15) is 117 Å². The van der Waals surface area contributed by atoms with E-state index in [2.05, 4.69) is 121 Å². The normalized spacial score (nSPS) is 33.2. The molecule has 2 nitrogen and oxygen atoms in total. The molecule has 4 aliphatic carbocycles. The minimum atomic E-state index is 0. The molecule has 7 rings (SSSR count). The lowest BCUT2D eigenvalue weighted by molar-refractivity contribution is -0.663. The summed E-state index contributed by atoms with van der Waals surface area (Å²) in [4.78, 5) is 0. The van der Waals surface area contributed by atoms with Crippen molar-refractivity contribution in [1.29, 1.82) is 0 Å². The van der Waals surface area contributed by atoms with E-state index < -0.39 is 0 Å². The lowest BCUT2D eigenvalue weighted by Gasteiger charge is -2.58. The third-order valence-corrected chi connectivity index (χ3v) is 14.5. The van der Waals surface area contributed by atoms with Gasteiger partial charge in [0.25, 0.3) is 0 Å². The second kappa shape index (κ2) is 13.3. The number of halogens is 2. The number of para-hydroxylation sites is 2. The number of allylic oxidation sites excluding steroid dienone is 2. The predicted molar refractivity (Wildman–Crippen MR) is 187 cm³/mol. The quantitative estimate of drug-likeness (QED) is 0.163. The molecule has 0 amide bonds. The fourth-order valence-electron chi connectivity index (χ4n) is 11.3. The number of benzene rings is 2. The fraction of sp³-hybridized carbons (Fsp3) is 0.634. The topological polar surface area (TPSA) is 8.81 Å². The molecule has 45 heavy (non-hydrogen) atoms. The molecule has 1 aromatic heterocycles. The molecular weight excluding hydrogens is 680 g/mol. The minimum Gasteiger partial charge on any atom is -1.00 e. The predicted octanol–water partition coefficient (Wildman–Crippen LogP) is 8.33. The standard InChI is InChI=1S/C41H56BrN2.BrH/c1-28(2)11-10-12-29(3)34-19-20-35-33-18-17-31-25-32(21-23-40(31,4)36(33)22-24-41(34,35)5)44-27-43(38-15-8-9-16-39(38)44)26-30-13-6-7-14-37(30)42;/h6-9,13-17,27-29,32-36H,10-12,18-26H2,1-5H3;1H/q+1;/p-1/t29-,32-,33+,34-,35+,36+,40+,41-;/m1./s1. The Morgan fingerprint density at radius 3 is 2.49 bits per heavy atom. The lowest BCUT2D eigenvalue weighted by atomic mass is 9.47. The molecular formula is C41H56Br2N2. The Morgan fingerprint density at radius 2 is 1.69 bits per heavy atom. The first-order chi connectivity index (χ1) is 21.2. The first-order valence-corrected chi connectivity index (χ1v) is 18.9. The second-order valence-electron chi connectivity index (χ2n) is 16.4. The third kappa shape index (κ3) is 5.96. The first-order valence-electron chi connectivity index (χ1n) is 18.1. The summed E-state index contributed by atoms with van der Waals surface area (Å²) in [6, 6.07) is 18.3. The van der Waals surface area contributed by atoms with Crippen LogP contribution in [0.4, 0.5) is 0 Å². The van der Waals surface area contributed by atoms with Crippen molar-refractivity contribution in [3.8, 4) is 0 Å². The highest BCUT2D eigenvalue weighted by Gasteiger charge is 2.59. The fourth-order valence-corrected chi connectivity index (χ4v) is 11.7. The van der Waals surface area contributed by atoms with E-state index in [1.807, 2.05) is 0 Å². The van der Waals surface area contributed by atoms with E-state index in [4.69, 9.17) is 0 Å². The highest BCUT2D eigenvalue weighted by atomic mass is 79.9. The van der Waals surface area contributed by atoms with Crippen molar-refractivity contribution in [2.45, 2.75) is 118 Å². The van der Waals surface area contributed by atoms with Gasteiger partial charge >= 0.3 is 0 Å². The number of hydrogen-bond acceptors (Lipinski definition) is 0. The van der Waals surface area contributed by atoms with Gasteiger partial charge in [0.2, 0.25) is 6.33 Å². The van der Waals surface area contributed by atoms with Crippen LogP contribution < -0.4 is 21.5 Å². The van der Waals surface area contributed by atoms with Gasteiger partial charge in [-0.2, -0.15) is 0 Å². The van der Waals surface area contributed by atoms with Gasteiger partial charge in [0.1, 0.15) is 12.6 Å². The Morgan fingerprint density at radius 1 is 0.911 bits per heavy atom. The van der Waals surface area contributed by atoms with E-state index in [1.54, 1.807) is 5.57 Å². The van der Waals surface area contributed by atoms with Crippen LogP contribution in [0.15, 0.2) is 71.0 Å². The molecule has 3 aromatic rings. The number of rotatable bonds is 8. The zero-order valence-corrected chi connectivity index (χ0v) is 31.6. The van der Waals surface area contributed by atoms with Crippen molar-refractivity contribution in [2.75, 3.05) is 0 Å². The maximum absolute atomic E-state index is 3.79. The Balaban J connectivity index is 0.00000357. The van der Waals surface area contributed by atoms with Crippen LogP contribution in [0.3, 0.4) is 0 Å². The Kier molecular flexibility index (Phi) is 9.87. The smallest absolute Gasteiger partial charge is 0.245 e. The number of fused-ring (bicyclic) bond motifs is 6. The molecule has 0 N–H and O–H groups in total. The van der Waals surface area contributed by atoms with Crippen molar-refractivity contribution in [1.82, 2.24) is 4.57 Å². The number of aromatic nitrogens is 2. The highest BCUT2D eigenvalue weighted by molar-refractivity contribution is 9.10. The summed E-state index contributed by atoms with van der Waals surface area (Å²) in [6.07, 6.45) is 20.6. The summed E-state index contributed by atoms with van der Waals surface area (Å²) < 4.78 is 6.30. The molecule has 0 aliphatic heterocycles. The van der Waals surface area contributed by atoms with Crippen LogP contribution in [0, 0.1) is 46.3 Å². The van der Waals surface area contributed by atoms with Gasteiger partial charge in [-0.15, -0.1) is 0 Å². The summed E-state index contributed by atoms with van der Waals surface area (Å²) in [7, 11) is 0. The number of hydrogen-bond donors (Lipinski definition) is 0. The molecule has 3 fully saturated rings. The monoisotopic (exact) mass is 734 g/mol. The minimum absolute atomic E-state index is 0. The molecule has 0 bridgehead atoms. The van der Waals surface area contributed by atoms with Gasteiger partial charge in [-0.25, -0.2) is 9.13 Å². The van der Waals surface area contributed by atoms with Crippen molar-refractivity contribution >= 4 is 27.0 Å². The van der Waals surface area contributed by atoms with Gasteiger partial charge in [-0.1, -0.05) is 112 Å². The van der Waals surface area contributed by atoms with Gasteiger partial charge in [0, 0.05) is 16.5 Å². The van der Waals surface area contributed by atoms with Crippen molar-refractivity contribution in [3.63, 3.8) is 0 Å². The largest absolute Gasteiger partial charge is 1.00 e. The van der Waals surface area contributed by atoms with Gasteiger partial charge < -0.3 is 17.0 Å². The van der Waals surface area contributed by atoms with E-state index in [9.17, 15) is 0 Å². The average molecular weight is 737 g/mol. The van der Waals surface area contributed by atoms with E-state index in [0.717, 1.165) is 42.1 Å². The van der Waals surface area contributed by atoms with Crippen LogP contribution in [-0.2, 0) is 6.54 Å². The molecule has 0 saturated heterocycles. The molecule has 0 unspecified atom stereocenters. The molecule has 8 atom stereocenters. The molecule has 4 aliphatic rings. The molecule has 2 aromatic carbocycles. The Labute approximate surface area is 292 Å². The lowest BCUT2D eigenvalue weighted by Crippen LogP contribution is -3.00. The SMILES string of the molecule is CC(C)CCC[C@@H](C)[C@H]1CC[C@H]2[C@@H]3CC=C4C[C@H](n5c[n+](Cc6ccccc6Br)c6ccccc65)CC[C@]4(C)[C@H]3CC[C@]12C.[Br-]. The number of imidazole rings is 1. The van der Waals surface area contributed by atoms with Crippen molar-refractivity contribution in [2.24, 2.45) is 46.3 Å². The Hall–Kier alpha value is -1.39. The van der Waals surface area contributed by atoms with Gasteiger partial charge in [-0.3, -0.25) is 0 Å². The van der Waals surface area contributed by atoms with Crippen LogP contribution >= 0.6 is 15.9 Å². The van der Waals surface area contributed by atoms with Crippen LogP contribution in [-0.4, -0.2) is 4.57 Å². The molecule has 0 radical (unpaired) electrons. The second-order valence-corrected chi connectivity index (χ2v) is 17.3. The van der Waals surface area contributed by atoms with Crippen molar-refractivity contribution in [3.05, 3.63) is 76.5 Å². The van der Waals surface area contributed by atoms with Crippen molar-refractivity contribution < 1.29 is 21.5 Å². The molecule has 4 heteroatoms. The van der Waals surface area contributed by atoms with Gasteiger partial charge in [0.15, 0.2) is 11.0 Å². The van der Waals surface area contributed by atoms with Crippen LogP contribution in [0.25, 0.3) is 11.0 Å². The summed E-state index contributed by atoms with van der Waals surface area (Å²) in [5, 5.41) is 0. The maximum Gasteiger partial charge on any atom is 0.245 e. The molecule has 1 heterocycles. The zero-order chi connectivity index (χ0) is 30.6. The van der Waals surface area contributed by atoms with Crippen LogP contribution in [0.2, 0.25) is 0 Å². The molecule has 0 spiro atoms. The van der Waals surface area contributed by atoms with E-state index >= 15 is 0 Å². The maximum atomic E-state index is 3.79. The zero-order valence-electron chi connectivity index (χ0n) is 28.5. The average Bonchev–Trinajstić information content (AvgIpc) is 3.55. The summed E-state index contributed by atoms with van der Waals surface area (Å²) in [5.74, 6) is 5.42. The van der Waals surface area contributed by atoms with Crippen LogP contribution in [0.5, 0.6) is 0 Å². The summed E-state index contributed by atoms with van der Waals surface area (Å²) in [5.41, 5.74) is 6.83. The van der Waals surface area contributed by atoms with E-state index in [0.29, 0.717) is 16.9 Å². The Bertz CT molecular complexity index is 1520. The van der Waals surface area contributed by atoms with E-state index in [1.165, 1.54) is 91.7 Å². The van der Waals surface area contributed by atoms with Gasteiger partial charge in [-0.05, 0) is 109 Å². The third-order valence-electron chi connectivity index (χ3n) is 13.7. The summed E-state index contributed by atoms with van der Waals surface area (Å²) >= 11 is 3.79. The van der Waals surface area contributed by atoms with Gasteiger partial charge in [0.05, 0.1) is 0 Å². The van der Waals surface area contributed by atoms with E-state index in [-0.39, 0.29) is 17.0 Å². The molecule has 3 saturated carbocycles. The highest BCUT2D eigenvalue weighted by Crippen LogP contribution is 2.67. The molecule has 244 valence electrons. The number of nitrogens with zero attached hydrogens (tertiary/aromatic N) is 2. The first kappa shape index (κ1) is 33.5.